The lowest BCUT2D eigenvalue weighted by Crippen LogP contribution is -2.29. The van der Waals surface area contributed by atoms with Crippen LogP contribution < -0.4 is 9.46 Å². The smallest absolute Gasteiger partial charge is 0.264 e. The minimum Gasteiger partial charge on any atom is -0.457 e. The maximum atomic E-state index is 13.4. The number of halogens is 1. The van der Waals surface area contributed by atoms with Gasteiger partial charge in [0, 0.05) is 30.3 Å². The summed E-state index contributed by atoms with van der Waals surface area (Å²) >= 11 is 0. The molecule has 0 spiro atoms. The summed E-state index contributed by atoms with van der Waals surface area (Å²) in [4.78, 5) is 12.1. The Morgan fingerprint density at radius 3 is 2.53 bits per heavy atom. The third-order valence-corrected chi connectivity index (χ3v) is 7.05. The number of benzene rings is 4. The summed E-state index contributed by atoms with van der Waals surface area (Å²) in [5.74, 6) is -0.311. The molecule has 1 N–H and O–H groups in total. The largest absolute Gasteiger partial charge is 0.457 e. The van der Waals surface area contributed by atoms with Gasteiger partial charge in [0.1, 0.15) is 17.3 Å². The van der Waals surface area contributed by atoms with E-state index in [0.717, 1.165) is 39.9 Å². The first-order valence-electron chi connectivity index (χ1n) is 11.1. The van der Waals surface area contributed by atoms with E-state index >= 15 is 0 Å². The first-order chi connectivity index (χ1) is 17.3. The molecule has 0 unspecified atom stereocenters. The third kappa shape index (κ3) is 4.71. The molecule has 0 bridgehead atoms. The zero-order chi connectivity index (χ0) is 25.3. The average molecular weight is 501 g/mol. The lowest BCUT2D eigenvalue weighted by Gasteiger charge is -2.09. The molecule has 0 aliphatic heterocycles. The van der Waals surface area contributed by atoms with Gasteiger partial charge in [0.2, 0.25) is 0 Å². The van der Waals surface area contributed by atoms with Crippen LogP contribution in [-0.4, -0.2) is 18.9 Å². The normalized spacial score (nSPS) is 11.8. The van der Waals surface area contributed by atoms with Crippen molar-refractivity contribution in [2.24, 2.45) is 7.05 Å². The second kappa shape index (κ2) is 9.31. The molecule has 8 heteroatoms. The van der Waals surface area contributed by atoms with Crippen molar-refractivity contribution in [3.05, 3.63) is 109 Å². The van der Waals surface area contributed by atoms with Gasteiger partial charge < -0.3 is 9.30 Å². The molecule has 1 amide bonds. The van der Waals surface area contributed by atoms with Gasteiger partial charge in [-0.3, -0.25) is 4.79 Å². The topological polar surface area (TPSA) is 77.4 Å². The summed E-state index contributed by atoms with van der Waals surface area (Å²) in [6, 6.07) is 23.9. The Bertz CT molecular complexity index is 1760. The lowest BCUT2D eigenvalue weighted by molar-refractivity contribution is -0.114. The molecule has 0 fully saturated rings. The molecule has 0 atom stereocenters. The van der Waals surface area contributed by atoms with Gasteiger partial charge in [-0.05, 0) is 59.3 Å². The number of ether oxygens (including phenoxy) is 1. The number of aryl methyl sites for hydroxylation is 1. The van der Waals surface area contributed by atoms with E-state index in [1.807, 2.05) is 83.2 Å². The van der Waals surface area contributed by atoms with Crippen LogP contribution in [0.1, 0.15) is 5.56 Å². The van der Waals surface area contributed by atoms with Crippen molar-refractivity contribution in [3.8, 4) is 11.5 Å². The summed E-state index contributed by atoms with van der Waals surface area (Å²) in [6.45, 7) is 0. The van der Waals surface area contributed by atoms with Gasteiger partial charge in [-0.2, -0.15) is 0 Å². The van der Waals surface area contributed by atoms with Gasteiger partial charge in [0.15, 0.2) is 0 Å². The van der Waals surface area contributed by atoms with Crippen LogP contribution in [0.25, 0.3) is 27.8 Å². The fraction of sp³-hybridized carbons (Fsp3) is 0.0357. The highest BCUT2D eigenvalue weighted by molar-refractivity contribution is 7.90. The second-order valence-electron chi connectivity index (χ2n) is 8.22. The molecule has 0 aliphatic rings. The number of nitrogens with one attached hydrogen (secondary N) is 1. The first kappa shape index (κ1) is 23.3. The van der Waals surface area contributed by atoms with E-state index in [-0.39, 0.29) is 4.90 Å². The zero-order valence-corrected chi connectivity index (χ0v) is 20.0. The van der Waals surface area contributed by atoms with Crippen molar-refractivity contribution in [1.82, 2.24) is 9.29 Å². The van der Waals surface area contributed by atoms with Gasteiger partial charge >= 0.3 is 0 Å². The summed E-state index contributed by atoms with van der Waals surface area (Å²) in [5, 5.41) is 2.92. The molecule has 0 radical (unpaired) electrons. The molecule has 5 rings (SSSR count). The predicted octanol–water partition coefficient (Wildman–Crippen LogP) is 5.78. The van der Waals surface area contributed by atoms with E-state index in [1.54, 1.807) is 0 Å². The number of aromatic nitrogens is 1. The van der Waals surface area contributed by atoms with Crippen LogP contribution in [0.15, 0.2) is 102 Å². The molecule has 36 heavy (non-hydrogen) atoms. The van der Waals surface area contributed by atoms with Gasteiger partial charge in [0.25, 0.3) is 15.9 Å². The van der Waals surface area contributed by atoms with Gasteiger partial charge in [0.05, 0.1) is 10.4 Å². The van der Waals surface area contributed by atoms with E-state index < -0.39 is 21.7 Å². The highest BCUT2D eigenvalue weighted by Crippen LogP contribution is 2.35. The van der Waals surface area contributed by atoms with Crippen molar-refractivity contribution in [2.75, 3.05) is 0 Å². The lowest BCUT2D eigenvalue weighted by atomic mass is 10.1. The molecule has 1 heterocycles. The molecule has 1 aromatic heterocycles. The monoisotopic (exact) mass is 500 g/mol. The van der Waals surface area contributed by atoms with Crippen molar-refractivity contribution >= 4 is 43.7 Å². The van der Waals surface area contributed by atoms with Crippen LogP contribution in [0.4, 0.5) is 4.39 Å². The van der Waals surface area contributed by atoms with Crippen LogP contribution in [0.2, 0.25) is 0 Å². The summed E-state index contributed by atoms with van der Waals surface area (Å²) in [6.07, 6.45) is 4.47. The second-order valence-corrected chi connectivity index (χ2v) is 9.90. The molecule has 180 valence electrons. The Morgan fingerprint density at radius 1 is 0.944 bits per heavy atom. The number of sulfonamides is 1. The third-order valence-electron chi connectivity index (χ3n) is 5.71. The van der Waals surface area contributed by atoms with E-state index in [1.165, 1.54) is 18.2 Å². The highest BCUT2D eigenvalue weighted by Gasteiger charge is 2.17. The minimum absolute atomic E-state index is 0.333. The number of hydrogen-bond donors (Lipinski definition) is 1. The average Bonchev–Trinajstić information content (AvgIpc) is 3.19. The Labute approximate surface area is 207 Å². The number of hydrogen-bond acceptors (Lipinski definition) is 4. The fourth-order valence-electron chi connectivity index (χ4n) is 4.04. The highest BCUT2D eigenvalue weighted by atomic mass is 32.2. The Kier molecular flexibility index (Phi) is 6.03. The summed E-state index contributed by atoms with van der Waals surface area (Å²) in [5.41, 5.74) is 1.54. The van der Waals surface area contributed by atoms with Crippen LogP contribution in [0, 0.1) is 5.82 Å². The van der Waals surface area contributed by atoms with E-state index in [0.29, 0.717) is 17.1 Å². The SMILES string of the molecule is Cn1cc(/C=C/C(=O)NS(=O)(=O)c2cccc(F)c2)c2c(Oc3ccc4ccccc4c3)cccc21. The Morgan fingerprint density at radius 2 is 1.72 bits per heavy atom. The quantitative estimate of drug-likeness (QED) is 0.300. The molecular formula is C28H21FN2O4S. The van der Waals surface area contributed by atoms with Crippen LogP contribution in [0.3, 0.4) is 0 Å². The number of nitrogens with zero attached hydrogens (tertiary/aromatic N) is 1. The Hall–Kier alpha value is -4.43. The van der Waals surface area contributed by atoms with Gasteiger partial charge in [-0.15, -0.1) is 0 Å². The van der Waals surface area contributed by atoms with Crippen molar-refractivity contribution in [2.45, 2.75) is 4.90 Å². The molecule has 0 saturated carbocycles. The standard InChI is InChI=1S/C28H21FN2O4S/c1-31-18-21(13-15-27(32)30-36(33,34)24-9-4-8-22(29)17-24)28-25(31)10-5-11-26(28)35-23-14-12-19-6-2-3-7-20(19)16-23/h2-18H,1H3,(H,30,32)/b15-13+. The van der Waals surface area contributed by atoms with Gasteiger partial charge in [-0.25, -0.2) is 17.5 Å². The molecule has 5 aromatic rings. The zero-order valence-electron chi connectivity index (χ0n) is 19.2. The number of fused-ring (bicyclic) bond motifs is 2. The molecule has 6 nitrogen and oxygen atoms in total. The van der Waals surface area contributed by atoms with Crippen LogP contribution in [0.5, 0.6) is 11.5 Å². The summed E-state index contributed by atoms with van der Waals surface area (Å²) in [7, 11) is -2.34. The van der Waals surface area contributed by atoms with Crippen molar-refractivity contribution < 1.29 is 22.3 Å². The first-order valence-corrected chi connectivity index (χ1v) is 12.5. The maximum Gasteiger partial charge on any atom is 0.264 e. The van der Waals surface area contributed by atoms with Crippen LogP contribution >= 0.6 is 0 Å². The van der Waals surface area contributed by atoms with Gasteiger partial charge in [-0.1, -0.05) is 42.5 Å². The number of carbonyl (C=O) groups is 1. The number of rotatable bonds is 6. The van der Waals surface area contributed by atoms with E-state index in [2.05, 4.69) is 0 Å². The maximum absolute atomic E-state index is 13.4. The Balaban J connectivity index is 1.44. The summed E-state index contributed by atoms with van der Waals surface area (Å²) < 4.78 is 48.3. The molecular weight excluding hydrogens is 479 g/mol. The molecule has 4 aromatic carbocycles. The van der Waals surface area contributed by atoms with Crippen LogP contribution in [-0.2, 0) is 21.9 Å². The predicted molar refractivity (Wildman–Crippen MR) is 138 cm³/mol. The molecule has 0 aliphatic carbocycles. The van der Waals surface area contributed by atoms with Crippen molar-refractivity contribution in [1.29, 1.82) is 0 Å². The number of amides is 1. The fourth-order valence-corrected chi connectivity index (χ4v) is 5.02. The van der Waals surface area contributed by atoms with Crippen molar-refractivity contribution in [3.63, 3.8) is 0 Å². The number of carbonyl (C=O) groups excluding carboxylic acids is 1. The van der Waals surface area contributed by atoms with E-state index in [4.69, 9.17) is 4.74 Å². The molecule has 0 saturated heterocycles. The van der Waals surface area contributed by atoms with E-state index in [9.17, 15) is 17.6 Å². The minimum atomic E-state index is -4.21.